The van der Waals surface area contributed by atoms with Crippen molar-refractivity contribution >= 4 is 0 Å². The van der Waals surface area contributed by atoms with Crippen molar-refractivity contribution in [1.29, 1.82) is 0 Å². The first-order valence-electron chi connectivity index (χ1n) is 8.82. The number of rotatable bonds is 2. The van der Waals surface area contributed by atoms with Crippen LogP contribution in [-0.2, 0) is 17.8 Å². The summed E-state index contributed by atoms with van der Waals surface area (Å²) >= 11 is 0. The zero-order chi connectivity index (χ0) is 14.4. The lowest BCUT2D eigenvalue weighted by atomic mass is 9.56. The van der Waals surface area contributed by atoms with Gasteiger partial charge in [-0.3, -0.25) is 0 Å². The van der Waals surface area contributed by atoms with Crippen LogP contribution in [0.1, 0.15) is 68.1 Å². The number of methoxy groups -OCH3 is 1. The van der Waals surface area contributed by atoms with Crippen molar-refractivity contribution in [3.05, 3.63) is 34.9 Å². The van der Waals surface area contributed by atoms with Crippen LogP contribution in [0.15, 0.2) is 18.2 Å². The molecule has 0 aliphatic heterocycles. The number of fused-ring (bicyclic) bond motifs is 5. The molecule has 0 bridgehead atoms. The Bertz CT molecular complexity index is 535. The Labute approximate surface area is 129 Å². The lowest BCUT2D eigenvalue weighted by Gasteiger charge is -2.49. The Morgan fingerprint density at radius 3 is 2.95 bits per heavy atom. The summed E-state index contributed by atoms with van der Waals surface area (Å²) < 4.78 is 5.34. The molecule has 21 heavy (non-hydrogen) atoms. The lowest BCUT2D eigenvalue weighted by Crippen LogP contribution is -2.39. The molecule has 1 aromatic rings. The van der Waals surface area contributed by atoms with Crippen LogP contribution in [0.5, 0.6) is 0 Å². The fraction of sp³-hybridized carbons (Fsp3) is 0.700. The van der Waals surface area contributed by atoms with E-state index in [0.717, 1.165) is 24.4 Å². The third-order valence-electron chi connectivity index (χ3n) is 6.89. The molecule has 0 unspecified atom stereocenters. The summed E-state index contributed by atoms with van der Waals surface area (Å²) in [5.41, 5.74) is 5.33. The Morgan fingerprint density at radius 1 is 1.19 bits per heavy atom. The SMILES string of the molecule is COCc1ccc2c(c1)[C@H]1CC[C@]3(C)CCC[C@H]3[C@@H]1CC2. The van der Waals surface area contributed by atoms with E-state index in [1.54, 1.807) is 18.2 Å². The molecule has 0 amide bonds. The Morgan fingerprint density at radius 2 is 2.10 bits per heavy atom. The average molecular weight is 284 g/mol. The van der Waals surface area contributed by atoms with Gasteiger partial charge in [-0.2, -0.15) is 0 Å². The average Bonchev–Trinajstić information content (AvgIpc) is 2.89. The second kappa shape index (κ2) is 5.12. The van der Waals surface area contributed by atoms with Gasteiger partial charge in [-0.25, -0.2) is 0 Å². The van der Waals surface area contributed by atoms with Gasteiger partial charge in [0.1, 0.15) is 0 Å². The molecular formula is C20H28O. The molecule has 0 N–H and O–H groups in total. The first-order chi connectivity index (χ1) is 10.2. The Hall–Kier alpha value is -0.820. The molecule has 2 fully saturated rings. The normalized spacial score (nSPS) is 37.7. The maximum Gasteiger partial charge on any atom is 0.0713 e. The van der Waals surface area contributed by atoms with Crippen LogP contribution in [0.2, 0.25) is 0 Å². The van der Waals surface area contributed by atoms with Gasteiger partial charge < -0.3 is 4.74 Å². The molecule has 0 aromatic heterocycles. The quantitative estimate of drug-likeness (QED) is 0.736. The minimum absolute atomic E-state index is 0.669. The summed E-state index contributed by atoms with van der Waals surface area (Å²) in [5, 5.41) is 0. The smallest absolute Gasteiger partial charge is 0.0713 e. The van der Waals surface area contributed by atoms with E-state index in [1.807, 2.05) is 0 Å². The molecule has 3 aliphatic carbocycles. The minimum Gasteiger partial charge on any atom is -0.380 e. The summed E-state index contributed by atoms with van der Waals surface area (Å²) in [6.07, 6.45) is 10.1. The van der Waals surface area contributed by atoms with Crippen molar-refractivity contribution in [1.82, 2.24) is 0 Å². The first kappa shape index (κ1) is 13.8. The van der Waals surface area contributed by atoms with Gasteiger partial charge >= 0.3 is 0 Å². The van der Waals surface area contributed by atoms with Crippen LogP contribution in [0.25, 0.3) is 0 Å². The predicted molar refractivity (Wildman–Crippen MR) is 86.4 cm³/mol. The van der Waals surface area contributed by atoms with E-state index in [1.165, 1.54) is 50.5 Å². The van der Waals surface area contributed by atoms with Crippen molar-refractivity contribution in [2.24, 2.45) is 17.3 Å². The predicted octanol–water partition coefficient (Wildman–Crippen LogP) is 5.08. The van der Waals surface area contributed by atoms with Crippen molar-refractivity contribution < 1.29 is 4.74 Å². The first-order valence-corrected chi connectivity index (χ1v) is 8.82. The van der Waals surface area contributed by atoms with E-state index < -0.39 is 0 Å². The largest absolute Gasteiger partial charge is 0.380 e. The molecule has 1 aromatic carbocycles. The zero-order valence-electron chi connectivity index (χ0n) is 13.5. The molecule has 0 saturated heterocycles. The molecular weight excluding hydrogens is 256 g/mol. The molecule has 3 aliphatic rings. The van der Waals surface area contributed by atoms with Crippen LogP contribution in [0.3, 0.4) is 0 Å². The van der Waals surface area contributed by atoms with E-state index in [0.29, 0.717) is 5.41 Å². The summed E-state index contributed by atoms with van der Waals surface area (Å²) in [4.78, 5) is 0. The highest BCUT2D eigenvalue weighted by Crippen LogP contribution is 2.60. The van der Waals surface area contributed by atoms with Crippen LogP contribution >= 0.6 is 0 Å². The topological polar surface area (TPSA) is 9.23 Å². The maximum atomic E-state index is 5.34. The molecule has 0 heterocycles. The summed E-state index contributed by atoms with van der Waals surface area (Å²) in [5.74, 6) is 2.79. The highest BCUT2D eigenvalue weighted by molar-refractivity contribution is 5.38. The van der Waals surface area contributed by atoms with Gasteiger partial charge in [-0.05, 0) is 78.4 Å². The van der Waals surface area contributed by atoms with Crippen LogP contribution < -0.4 is 0 Å². The molecule has 2 saturated carbocycles. The molecule has 114 valence electrons. The lowest BCUT2D eigenvalue weighted by molar-refractivity contribution is 0.0597. The van der Waals surface area contributed by atoms with Crippen LogP contribution in [0.4, 0.5) is 0 Å². The van der Waals surface area contributed by atoms with Crippen LogP contribution in [0, 0.1) is 17.3 Å². The zero-order valence-corrected chi connectivity index (χ0v) is 13.5. The van der Waals surface area contributed by atoms with Gasteiger partial charge in [0.15, 0.2) is 0 Å². The summed E-state index contributed by atoms with van der Waals surface area (Å²) in [6.45, 7) is 3.34. The highest BCUT2D eigenvalue weighted by atomic mass is 16.5. The van der Waals surface area contributed by atoms with Crippen molar-refractivity contribution in [3.8, 4) is 0 Å². The second-order valence-electron chi connectivity index (χ2n) is 7.97. The van der Waals surface area contributed by atoms with Gasteiger partial charge in [0.25, 0.3) is 0 Å². The van der Waals surface area contributed by atoms with E-state index in [9.17, 15) is 0 Å². The van der Waals surface area contributed by atoms with Crippen molar-refractivity contribution in [2.75, 3.05) is 7.11 Å². The van der Waals surface area contributed by atoms with E-state index in [4.69, 9.17) is 4.74 Å². The van der Waals surface area contributed by atoms with Gasteiger partial charge in [0, 0.05) is 7.11 Å². The van der Waals surface area contributed by atoms with Gasteiger partial charge in [0.05, 0.1) is 6.61 Å². The Kier molecular flexibility index (Phi) is 3.37. The molecule has 4 rings (SSSR count). The second-order valence-corrected chi connectivity index (χ2v) is 7.97. The molecule has 4 atom stereocenters. The number of benzene rings is 1. The van der Waals surface area contributed by atoms with Crippen molar-refractivity contribution in [2.45, 2.75) is 64.4 Å². The van der Waals surface area contributed by atoms with E-state index in [-0.39, 0.29) is 0 Å². The molecule has 1 heteroatoms. The van der Waals surface area contributed by atoms with Gasteiger partial charge in [-0.1, -0.05) is 31.5 Å². The fourth-order valence-electron chi connectivity index (χ4n) is 5.87. The number of ether oxygens (including phenoxy) is 1. The third kappa shape index (κ3) is 2.16. The van der Waals surface area contributed by atoms with Gasteiger partial charge in [0.2, 0.25) is 0 Å². The van der Waals surface area contributed by atoms with E-state index >= 15 is 0 Å². The van der Waals surface area contributed by atoms with E-state index in [2.05, 4.69) is 25.1 Å². The molecule has 1 nitrogen and oxygen atoms in total. The number of aryl methyl sites for hydroxylation is 1. The Balaban J connectivity index is 1.68. The third-order valence-corrected chi connectivity index (χ3v) is 6.89. The fourth-order valence-corrected chi connectivity index (χ4v) is 5.87. The standard InChI is InChI=1S/C20H28O/c1-20-10-3-4-19(20)17-8-7-15-6-5-14(13-21-2)12-18(15)16(17)9-11-20/h5-6,12,16-17,19H,3-4,7-11,13H2,1-2H3/t16-,17+,19-,20-/m0/s1. The number of hydrogen-bond acceptors (Lipinski definition) is 1. The summed E-state index contributed by atoms with van der Waals surface area (Å²) in [7, 11) is 1.80. The molecule has 0 radical (unpaired) electrons. The van der Waals surface area contributed by atoms with Gasteiger partial charge in [-0.15, -0.1) is 0 Å². The van der Waals surface area contributed by atoms with Crippen molar-refractivity contribution in [3.63, 3.8) is 0 Å². The van der Waals surface area contributed by atoms with Crippen LogP contribution in [-0.4, -0.2) is 7.11 Å². The monoisotopic (exact) mass is 284 g/mol. The number of hydrogen-bond donors (Lipinski definition) is 0. The maximum absolute atomic E-state index is 5.34. The minimum atomic E-state index is 0.669. The molecule has 0 spiro atoms. The summed E-state index contributed by atoms with van der Waals surface area (Å²) in [6, 6.07) is 7.11. The highest BCUT2D eigenvalue weighted by Gasteiger charge is 2.50.